The summed E-state index contributed by atoms with van der Waals surface area (Å²) in [5.74, 6) is 1.07. The number of hydrogen-bond acceptors (Lipinski definition) is 4. The Morgan fingerprint density at radius 3 is 2.47 bits per heavy atom. The maximum atomic E-state index is 12.7. The van der Waals surface area contributed by atoms with Crippen molar-refractivity contribution < 1.29 is 9.53 Å². The van der Waals surface area contributed by atoms with E-state index < -0.39 is 6.03 Å². The normalized spacial score (nSPS) is 11.8. The minimum atomic E-state index is -0.398. The van der Waals surface area contributed by atoms with E-state index >= 15 is 0 Å². The highest BCUT2D eigenvalue weighted by atomic mass is 16.5. The van der Waals surface area contributed by atoms with Crippen molar-refractivity contribution in [1.29, 1.82) is 0 Å². The highest BCUT2D eigenvalue weighted by Gasteiger charge is 2.18. The molecule has 0 bridgehead atoms. The van der Waals surface area contributed by atoms with Crippen LogP contribution in [0.15, 0.2) is 72.9 Å². The molecule has 2 heterocycles. The van der Waals surface area contributed by atoms with Crippen LogP contribution in [0.3, 0.4) is 0 Å². The Bertz CT molecular complexity index is 1100. The number of rotatable bonds is 6. The van der Waals surface area contributed by atoms with E-state index in [2.05, 4.69) is 20.7 Å². The van der Waals surface area contributed by atoms with Crippen LogP contribution < -0.4 is 15.4 Å². The van der Waals surface area contributed by atoms with Gasteiger partial charge in [-0.05, 0) is 42.7 Å². The number of fused-ring (bicyclic) bond motifs is 1. The lowest BCUT2D eigenvalue weighted by atomic mass is 10.1. The van der Waals surface area contributed by atoms with Crippen LogP contribution in [-0.2, 0) is 0 Å². The number of ether oxygens (including phenoxy) is 1. The predicted molar refractivity (Wildman–Crippen MR) is 116 cm³/mol. The summed E-state index contributed by atoms with van der Waals surface area (Å²) in [5, 5.41) is 9.93. The number of anilines is 1. The van der Waals surface area contributed by atoms with Gasteiger partial charge in [-0.1, -0.05) is 54.6 Å². The van der Waals surface area contributed by atoms with E-state index in [1.54, 1.807) is 10.7 Å². The number of aromatic nitrogens is 3. The van der Waals surface area contributed by atoms with E-state index in [0.717, 1.165) is 22.4 Å². The Labute approximate surface area is 174 Å². The lowest BCUT2D eigenvalue weighted by molar-refractivity contribution is 0.233. The minimum Gasteiger partial charge on any atom is -0.491 e. The van der Waals surface area contributed by atoms with Crippen LogP contribution in [0.4, 0.5) is 10.7 Å². The molecule has 4 rings (SSSR count). The number of nitrogens with zero attached hydrogens (tertiary/aromatic N) is 3. The van der Waals surface area contributed by atoms with Crippen LogP contribution in [0, 0.1) is 13.8 Å². The van der Waals surface area contributed by atoms with Crippen LogP contribution in [0.1, 0.15) is 22.7 Å². The predicted octanol–water partition coefficient (Wildman–Crippen LogP) is 4.29. The van der Waals surface area contributed by atoms with E-state index in [9.17, 15) is 4.79 Å². The zero-order valence-corrected chi connectivity index (χ0v) is 16.9. The molecule has 0 aliphatic carbocycles. The van der Waals surface area contributed by atoms with Crippen molar-refractivity contribution in [3.05, 3.63) is 89.6 Å². The molecule has 4 aromatic rings. The minimum absolute atomic E-state index is 0.237. The van der Waals surface area contributed by atoms with Gasteiger partial charge in [0.15, 0.2) is 5.65 Å². The van der Waals surface area contributed by atoms with Gasteiger partial charge in [-0.15, -0.1) is 5.10 Å². The van der Waals surface area contributed by atoms with Gasteiger partial charge in [-0.2, -0.15) is 4.98 Å². The van der Waals surface area contributed by atoms with Gasteiger partial charge in [-0.3, -0.25) is 5.32 Å². The van der Waals surface area contributed by atoms with Gasteiger partial charge < -0.3 is 10.1 Å². The summed E-state index contributed by atoms with van der Waals surface area (Å²) in [6.45, 7) is 4.31. The fourth-order valence-corrected chi connectivity index (χ4v) is 3.28. The molecule has 1 atom stereocenters. The summed E-state index contributed by atoms with van der Waals surface area (Å²) in [6.07, 6.45) is 1.77. The molecule has 0 spiro atoms. The third-order valence-electron chi connectivity index (χ3n) is 4.78. The number of pyridine rings is 1. The van der Waals surface area contributed by atoms with Gasteiger partial charge >= 0.3 is 6.03 Å². The molecule has 2 aromatic heterocycles. The second-order valence-electron chi connectivity index (χ2n) is 7.03. The fourth-order valence-electron chi connectivity index (χ4n) is 3.28. The first kappa shape index (κ1) is 19.4. The first-order valence-corrected chi connectivity index (χ1v) is 9.73. The molecule has 7 nitrogen and oxygen atoms in total. The largest absolute Gasteiger partial charge is 0.491 e. The fraction of sp³-hybridized carbons (Fsp3) is 0.174. The summed E-state index contributed by atoms with van der Waals surface area (Å²) in [7, 11) is 0. The standard InChI is InChI=1S/C23H23N5O2/c1-16-9-8-10-17(2)21(16)30-15-19(18-11-4-3-5-12-18)24-23(29)26-22-25-20-13-6-7-14-28(20)27-22/h3-14,19H,15H2,1-2H3,(H2,24,26,27,29). The lowest BCUT2D eigenvalue weighted by Crippen LogP contribution is -2.36. The maximum Gasteiger partial charge on any atom is 0.322 e. The van der Waals surface area contributed by atoms with E-state index in [1.807, 2.05) is 80.6 Å². The van der Waals surface area contributed by atoms with Crippen molar-refractivity contribution >= 4 is 17.6 Å². The zero-order valence-electron chi connectivity index (χ0n) is 16.9. The van der Waals surface area contributed by atoms with Gasteiger partial charge in [0.2, 0.25) is 0 Å². The molecule has 2 aromatic carbocycles. The van der Waals surface area contributed by atoms with Crippen LogP contribution >= 0.6 is 0 Å². The van der Waals surface area contributed by atoms with Gasteiger partial charge in [-0.25, -0.2) is 9.31 Å². The SMILES string of the molecule is Cc1cccc(C)c1OCC(NC(=O)Nc1nc2ccccn2n1)c1ccccc1. The number of amides is 2. The Balaban J connectivity index is 1.49. The molecule has 7 heteroatoms. The lowest BCUT2D eigenvalue weighted by Gasteiger charge is -2.21. The highest BCUT2D eigenvalue weighted by molar-refractivity contribution is 5.87. The molecule has 2 N–H and O–H groups in total. The van der Waals surface area contributed by atoms with Crippen LogP contribution in [0.2, 0.25) is 0 Å². The average molecular weight is 401 g/mol. The summed E-state index contributed by atoms with van der Waals surface area (Å²) in [4.78, 5) is 16.9. The number of nitrogens with one attached hydrogen (secondary N) is 2. The number of carbonyl (C=O) groups is 1. The molecule has 2 amide bonds. The first-order valence-electron chi connectivity index (χ1n) is 9.73. The zero-order chi connectivity index (χ0) is 20.9. The molecule has 0 aliphatic rings. The van der Waals surface area contributed by atoms with Crippen molar-refractivity contribution in [2.75, 3.05) is 11.9 Å². The van der Waals surface area contributed by atoms with Crippen LogP contribution in [0.5, 0.6) is 5.75 Å². The van der Waals surface area contributed by atoms with E-state index in [4.69, 9.17) is 4.74 Å². The quantitative estimate of drug-likeness (QED) is 0.505. The number of para-hydroxylation sites is 1. The average Bonchev–Trinajstić information content (AvgIpc) is 3.15. The van der Waals surface area contributed by atoms with Gasteiger partial charge in [0.05, 0.1) is 6.04 Å². The Kier molecular flexibility index (Phi) is 5.61. The number of urea groups is 1. The number of carbonyl (C=O) groups excluding carboxylic acids is 1. The molecule has 1 unspecified atom stereocenters. The van der Waals surface area contributed by atoms with Crippen molar-refractivity contribution in [1.82, 2.24) is 19.9 Å². The van der Waals surface area contributed by atoms with E-state index in [0.29, 0.717) is 12.3 Å². The maximum absolute atomic E-state index is 12.7. The molecule has 0 saturated heterocycles. The third-order valence-corrected chi connectivity index (χ3v) is 4.78. The molecule has 0 radical (unpaired) electrons. The topological polar surface area (TPSA) is 80.5 Å². The number of hydrogen-bond donors (Lipinski definition) is 2. The summed E-state index contributed by atoms with van der Waals surface area (Å²) < 4.78 is 7.71. The monoisotopic (exact) mass is 401 g/mol. The van der Waals surface area contributed by atoms with E-state index in [-0.39, 0.29) is 12.0 Å². The van der Waals surface area contributed by atoms with Crippen molar-refractivity contribution in [3.8, 4) is 5.75 Å². The first-order chi connectivity index (χ1) is 14.6. The molecular weight excluding hydrogens is 378 g/mol. The Hall–Kier alpha value is -3.87. The molecule has 0 fully saturated rings. The molecule has 0 saturated carbocycles. The number of aryl methyl sites for hydroxylation is 2. The van der Waals surface area contributed by atoms with Crippen molar-refractivity contribution in [2.45, 2.75) is 19.9 Å². The van der Waals surface area contributed by atoms with Gasteiger partial charge in [0.1, 0.15) is 12.4 Å². The number of benzene rings is 2. The Morgan fingerprint density at radius 2 is 1.73 bits per heavy atom. The molecule has 152 valence electrons. The summed E-state index contributed by atoms with van der Waals surface area (Å²) in [6, 6.07) is 20.5. The second kappa shape index (κ2) is 8.65. The van der Waals surface area contributed by atoms with Gasteiger partial charge in [0.25, 0.3) is 5.95 Å². The molecule has 30 heavy (non-hydrogen) atoms. The Morgan fingerprint density at radius 1 is 1.00 bits per heavy atom. The molecular formula is C23H23N5O2. The van der Waals surface area contributed by atoms with Crippen LogP contribution in [0.25, 0.3) is 5.65 Å². The summed E-state index contributed by atoms with van der Waals surface area (Å²) >= 11 is 0. The summed E-state index contributed by atoms with van der Waals surface area (Å²) in [5.41, 5.74) is 3.72. The van der Waals surface area contributed by atoms with Gasteiger partial charge in [0, 0.05) is 6.20 Å². The third kappa shape index (κ3) is 4.41. The van der Waals surface area contributed by atoms with E-state index in [1.165, 1.54) is 0 Å². The molecule has 0 aliphatic heterocycles. The second-order valence-corrected chi connectivity index (χ2v) is 7.03. The smallest absolute Gasteiger partial charge is 0.322 e. The van der Waals surface area contributed by atoms with Crippen LogP contribution in [-0.4, -0.2) is 27.2 Å². The highest BCUT2D eigenvalue weighted by Crippen LogP contribution is 2.24. The van der Waals surface area contributed by atoms with Crippen molar-refractivity contribution in [3.63, 3.8) is 0 Å². The van der Waals surface area contributed by atoms with Crippen molar-refractivity contribution in [2.24, 2.45) is 0 Å².